The van der Waals surface area contributed by atoms with Crippen LogP contribution < -0.4 is 0 Å². The van der Waals surface area contributed by atoms with Crippen LogP contribution in [-0.2, 0) is 24.7 Å². The fourth-order valence-electron chi connectivity index (χ4n) is 4.75. The minimum absolute atomic E-state index is 0.0108. The summed E-state index contributed by atoms with van der Waals surface area (Å²) in [5, 5.41) is 0. The molecule has 1 rings (SSSR count). The summed E-state index contributed by atoms with van der Waals surface area (Å²) in [5.41, 5.74) is -9.24. The first-order valence-electron chi connectivity index (χ1n) is 17.5. The van der Waals surface area contributed by atoms with Gasteiger partial charge in [0.05, 0.1) is 5.41 Å². The maximum atomic E-state index is 13.4. The van der Waals surface area contributed by atoms with Crippen molar-refractivity contribution in [2.24, 2.45) is 34.0 Å². The molecule has 300 valence electrons. The van der Waals surface area contributed by atoms with E-state index in [2.05, 4.69) is 39.4 Å². The van der Waals surface area contributed by atoms with Crippen molar-refractivity contribution in [2.45, 2.75) is 159 Å². The Kier molecular flexibility index (Phi) is 19.4. The van der Waals surface area contributed by atoms with Gasteiger partial charge in [0.1, 0.15) is 6.10 Å². The van der Waals surface area contributed by atoms with E-state index in [0.29, 0.717) is 17.5 Å². The van der Waals surface area contributed by atoms with E-state index in [1.54, 1.807) is 0 Å². The average molecular weight is 753 g/mol. The zero-order valence-corrected chi connectivity index (χ0v) is 32.8. The van der Waals surface area contributed by atoms with E-state index in [9.17, 15) is 49.1 Å². The minimum atomic E-state index is -5.87. The zero-order chi connectivity index (χ0) is 41.0. The van der Waals surface area contributed by atoms with Crippen LogP contribution in [-0.4, -0.2) is 36.6 Å². The summed E-state index contributed by atoms with van der Waals surface area (Å²) < 4.78 is 128. The number of carbonyl (C=O) groups is 2. The molecule has 0 bridgehead atoms. The van der Waals surface area contributed by atoms with Gasteiger partial charge < -0.3 is 9.47 Å². The lowest BCUT2D eigenvalue weighted by Crippen LogP contribution is -2.58. The second-order valence-corrected chi connectivity index (χ2v) is 15.4. The number of carbonyl (C=O) groups excluding carboxylic acids is 2. The third kappa shape index (κ3) is 14.1. The normalized spacial score (nSPS) is 14.9. The summed E-state index contributed by atoms with van der Waals surface area (Å²) in [6.45, 7) is 25.1. The molecule has 0 fully saturated rings. The summed E-state index contributed by atoms with van der Waals surface area (Å²) in [7, 11) is 0. The van der Waals surface area contributed by atoms with Crippen LogP contribution in [0.15, 0.2) is 30.3 Å². The molecule has 1 aromatic carbocycles. The van der Waals surface area contributed by atoms with Crippen LogP contribution in [0.5, 0.6) is 0 Å². The predicted molar refractivity (Wildman–Crippen MR) is 183 cm³/mol. The van der Waals surface area contributed by atoms with Crippen molar-refractivity contribution >= 4 is 11.9 Å². The molecule has 1 aromatic rings. The standard InChI is InChI=1S/C15H16F6O2.C13H23F3O2.C10H22/c1-4-12(2,3)11(22)23-13(14(16,17)18,15(19,20)21)10-8-6-5-7-9-10;1-7-12(6,13(14,15)16)11(17)18-10(8(2)3)9(4)5;1-6-9(3)8-10(4,5)7-2/h5-9H,4H2,1-3H3;8-10H,7H2,1-6H3;9H,6-8H2,1-5H3. The third-order valence-corrected chi connectivity index (χ3v) is 9.56. The van der Waals surface area contributed by atoms with Gasteiger partial charge in [-0.3, -0.25) is 9.59 Å². The van der Waals surface area contributed by atoms with Gasteiger partial charge in [-0.25, -0.2) is 0 Å². The maximum Gasteiger partial charge on any atom is 0.442 e. The lowest BCUT2D eigenvalue weighted by Gasteiger charge is -2.38. The first-order valence-corrected chi connectivity index (χ1v) is 17.5. The van der Waals surface area contributed by atoms with Crippen molar-refractivity contribution in [3.63, 3.8) is 0 Å². The van der Waals surface area contributed by atoms with E-state index in [1.807, 2.05) is 27.7 Å². The van der Waals surface area contributed by atoms with E-state index in [0.717, 1.165) is 25.0 Å². The van der Waals surface area contributed by atoms with E-state index in [-0.39, 0.29) is 24.7 Å². The quantitative estimate of drug-likeness (QED) is 0.149. The van der Waals surface area contributed by atoms with Gasteiger partial charge in [0.15, 0.2) is 5.41 Å². The molecule has 51 heavy (non-hydrogen) atoms. The summed E-state index contributed by atoms with van der Waals surface area (Å²) in [5.74, 6) is -1.87. The van der Waals surface area contributed by atoms with Crippen LogP contribution >= 0.6 is 0 Å². The Labute approximate surface area is 299 Å². The topological polar surface area (TPSA) is 52.6 Å². The summed E-state index contributed by atoms with van der Waals surface area (Å²) in [4.78, 5) is 23.8. The molecule has 13 heteroatoms. The van der Waals surface area contributed by atoms with Crippen LogP contribution in [0.1, 0.15) is 135 Å². The van der Waals surface area contributed by atoms with Crippen molar-refractivity contribution in [1.29, 1.82) is 0 Å². The molecule has 0 saturated carbocycles. The number of hydrogen-bond acceptors (Lipinski definition) is 4. The highest BCUT2D eigenvalue weighted by Gasteiger charge is 2.75. The second kappa shape index (κ2) is 19.6. The summed E-state index contributed by atoms with van der Waals surface area (Å²) in [6.07, 6.45) is -13.1. The number of alkyl halides is 9. The largest absolute Gasteiger partial charge is 0.461 e. The number of hydrogen-bond donors (Lipinski definition) is 0. The Hall–Kier alpha value is -2.47. The van der Waals surface area contributed by atoms with Crippen molar-refractivity contribution in [3.05, 3.63) is 35.9 Å². The number of benzene rings is 1. The first kappa shape index (κ1) is 50.6. The smallest absolute Gasteiger partial charge is 0.442 e. The Balaban J connectivity index is 0. The number of esters is 2. The number of ether oxygens (including phenoxy) is 2. The van der Waals surface area contributed by atoms with Gasteiger partial charge in [0.25, 0.3) is 0 Å². The molecule has 0 N–H and O–H groups in total. The molecule has 4 nitrogen and oxygen atoms in total. The van der Waals surface area contributed by atoms with Crippen LogP contribution in [0.4, 0.5) is 39.5 Å². The van der Waals surface area contributed by atoms with Gasteiger partial charge >= 0.3 is 36.1 Å². The Morgan fingerprint density at radius 3 is 1.35 bits per heavy atom. The maximum absolute atomic E-state index is 13.4. The highest BCUT2D eigenvalue weighted by atomic mass is 19.4. The van der Waals surface area contributed by atoms with Gasteiger partial charge in [-0.05, 0) is 63.2 Å². The predicted octanol–water partition coefficient (Wildman–Crippen LogP) is 13.0. The van der Waals surface area contributed by atoms with Crippen LogP contribution in [0.3, 0.4) is 0 Å². The average Bonchev–Trinajstić information content (AvgIpc) is 3.00. The van der Waals surface area contributed by atoms with Crippen molar-refractivity contribution in [2.75, 3.05) is 0 Å². The van der Waals surface area contributed by atoms with E-state index < -0.39 is 58.6 Å². The molecular weight excluding hydrogens is 691 g/mol. The van der Waals surface area contributed by atoms with Gasteiger partial charge in [0, 0.05) is 5.56 Å². The molecular formula is C38H61F9O4. The second-order valence-electron chi connectivity index (χ2n) is 15.4. The SMILES string of the molecule is CCC(C)(C(=O)OC(C(C)C)C(C)C)C(F)(F)F.CCC(C)(C)C(=O)OC(c1ccccc1)(C(F)(F)F)C(F)(F)F.CCC(C)CC(C)(C)CC. The van der Waals surface area contributed by atoms with Gasteiger partial charge in [-0.15, -0.1) is 0 Å². The molecule has 0 aliphatic carbocycles. The van der Waals surface area contributed by atoms with Gasteiger partial charge in [-0.1, -0.05) is 119 Å². The monoisotopic (exact) mass is 752 g/mol. The Morgan fingerprint density at radius 1 is 0.627 bits per heavy atom. The molecule has 0 aliphatic rings. The van der Waals surface area contributed by atoms with E-state index >= 15 is 0 Å². The molecule has 0 radical (unpaired) electrons. The highest BCUT2D eigenvalue weighted by molar-refractivity contribution is 5.77. The Morgan fingerprint density at radius 2 is 1.06 bits per heavy atom. The lowest BCUT2D eigenvalue weighted by atomic mass is 9.80. The lowest BCUT2D eigenvalue weighted by molar-refractivity contribution is -0.379. The fraction of sp³-hybridized carbons (Fsp3) is 0.789. The van der Waals surface area contributed by atoms with Crippen molar-refractivity contribution in [3.8, 4) is 0 Å². The van der Waals surface area contributed by atoms with Crippen LogP contribution in [0.2, 0.25) is 0 Å². The van der Waals surface area contributed by atoms with Gasteiger partial charge in [0.2, 0.25) is 0 Å². The van der Waals surface area contributed by atoms with Crippen molar-refractivity contribution < 1.29 is 58.6 Å². The first-order chi connectivity index (χ1) is 22.8. The number of rotatable bonds is 13. The van der Waals surface area contributed by atoms with E-state index in [1.165, 1.54) is 53.0 Å². The molecule has 2 atom stereocenters. The van der Waals surface area contributed by atoms with Gasteiger partial charge in [-0.2, -0.15) is 39.5 Å². The van der Waals surface area contributed by atoms with E-state index in [4.69, 9.17) is 4.74 Å². The molecule has 0 aromatic heterocycles. The zero-order valence-electron chi connectivity index (χ0n) is 32.8. The molecule has 0 aliphatic heterocycles. The highest BCUT2D eigenvalue weighted by Crippen LogP contribution is 2.53. The molecule has 0 amide bonds. The number of halogens is 9. The third-order valence-electron chi connectivity index (χ3n) is 9.56. The summed E-state index contributed by atoms with van der Waals surface area (Å²) in [6, 6.07) is 4.56. The molecule has 0 spiro atoms. The minimum Gasteiger partial charge on any atom is -0.461 e. The fourth-order valence-corrected chi connectivity index (χ4v) is 4.75. The Bertz CT molecular complexity index is 1150. The summed E-state index contributed by atoms with van der Waals surface area (Å²) >= 11 is 0. The molecule has 0 heterocycles. The van der Waals surface area contributed by atoms with Crippen molar-refractivity contribution in [1.82, 2.24) is 0 Å². The molecule has 0 saturated heterocycles. The van der Waals surface area contributed by atoms with Crippen LogP contribution in [0.25, 0.3) is 0 Å². The van der Waals surface area contributed by atoms with Crippen LogP contribution in [0, 0.1) is 34.0 Å². The molecule has 2 unspecified atom stereocenters.